The fourth-order valence-corrected chi connectivity index (χ4v) is 4.66. The first-order valence-electron chi connectivity index (χ1n) is 8.25. The second kappa shape index (κ2) is 8.42. The molecule has 1 aliphatic rings. The Morgan fingerprint density at radius 1 is 1.28 bits per heavy atom. The fraction of sp³-hybridized carbons (Fsp3) is 0.529. The third kappa shape index (κ3) is 6.12. The Morgan fingerprint density at radius 3 is 2.52 bits per heavy atom. The van der Waals surface area contributed by atoms with Gasteiger partial charge in [-0.15, -0.1) is 0 Å². The summed E-state index contributed by atoms with van der Waals surface area (Å²) >= 11 is 0. The number of rotatable bonds is 7. The summed E-state index contributed by atoms with van der Waals surface area (Å²) in [6.07, 6.45) is 1.14. The molecule has 0 saturated carbocycles. The molecule has 1 saturated heterocycles. The van der Waals surface area contributed by atoms with Crippen LogP contribution in [0.15, 0.2) is 24.3 Å². The maximum Gasteiger partial charge on any atom is 0.221 e. The van der Waals surface area contributed by atoms with Crippen LogP contribution in [0.2, 0.25) is 0 Å². The lowest BCUT2D eigenvalue weighted by Gasteiger charge is -2.26. The van der Waals surface area contributed by atoms with Crippen LogP contribution in [-0.2, 0) is 25.8 Å². The van der Waals surface area contributed by atoms with E-state index < -0.39 is 9.84 Å². The summed E-state index contributed by atoms with van der Waals surface area (Å²) < 4.78 is 35.9. The van der Waals surface area contributed by atoms with Gasteiger partial charge in [0.1, 0.15) is 5.82 Å². The number of benzene rings is 1. The molecule has 0 bridgehead atoms. The summed E-state index contributed by atoms with van der Waals surface area (Å²) in [6, 6.07) is 5.74. The minimum Gasteiger partial charge on any atom is -0.356 e. The van der Waals surface area contributed by atoms with Crippen molar-refractivity contribution >= 4 is 21.7 Å². The van der Waals surface area contributed by atoms with Crippen LogP contribution in [0.3, 0.4) is 0 Å². The highest BCUT2D eigenvalue weighted by Gasteiger charge is 2.33. The molecule has 0 spiro atoms. The number of carbonyl (C=O) groups is 2. The molecule has 1 aliphatic heterocycles. The lowest BCUT2D eigenvalue weighted by Crippen LogP contribution is -2.42. The minimum atomic E-state index is -3.08. The Morgan fingerprint density at radius 2 is 1.96 bits per heavy atom. The van der Waals surface area contributed by atoms with E-state index in [1.807, 2.05) is 0 Å². The number of amides is 2. The molecule has 1 fully saturated rings. The zero-order chi connectivity index (χ0) is 18.4. The predicted octanol–water partition coefficient (Wildman–Crippen LogP) is 0.910. The molecule has 8 heteroatoms. The van der Waals surface area contributed by atoms with Crippen molar-refractivity contribution in [3.63, 3.8) is 0 Å². The summed E-state index contributed by atoms with van der Waals surface area (Å²) in [5, 5.41) is 2.76. The van der Waals surface area contributed by atoms with E-state index in [2.05, 4.69) is 5.32 Å². The van der Waals surface area contributed by atoms with E-state index in [1.54, 1.807) is 12.1 Å². The first-order chi connectivity index (χ1) is 11.8. The molecule has 0 radical (unpaired) electrons. The van der Waals surface area contributed by atoms with E-state index in [9.17, 15) is 22.4 Å². The van der Waals surface area contributed by atoms with Crippen molar-refractivity contribution < 1.29 is 22.4 Å². The predicted molar refractivity (Wildman–Crippen MR) is 92.2 cm³/mol. The van der Waals surface area contributed by atoms with Crippen molar-refractivity contribution in [2.45, 2.75) is 32.2 Å². The normalized spacial score (nSPS) is 18.7. The van der Waals surface area contributed by atoms with E-state index in [0.29, 0.717) is 19.4 Å². The van der Waals surface area contributed by atoms with Gasteiger partial charge in [-0.3, -0.25) is 9.59 Å². The molecule has 2 rings (SSSR count). The molecular formula is C17H23FN2O4S. The van der Waals surface area contributed by atoms with E-state index in [1.165, 1.54) is 24.0 Å². The van der Waals surface area contributed by atoms with Gasteiger partial charge in [0.25, 0.3) is 0 Å². The zero-order valence-electron chi connectivity index (χ0n) is 14.2. The molecule has 6 nitrogen and oxygen atoms in total. The second-order valence-corrected chi connectivity index (χ2v) is 8.47. The zero-order valence-corrected chi connectivity index (χ0v) is 15.0. The third-order valence-corrected chi connectivity index (χ3v) is 6.03. The van der Waals surface area contributed by atoms with Crippen molar-refractivity contribution in [3.05, 3.63) is 35.6 Å². The topological polar surface area (TPSA) is 83.6 Å². The lowest BCUT2D eigenvalue weighted by molar-refractivity contribution is -0.131. The standard InChI is InChI=1S/C17H23FN2O4S/c1-13(21)20(16-8-11-25(23,24)12-16)10-7-17(22)19-9-6-14-2-4-15(18)5-3-14/h2-5,16H,6-12H2,1H3,(H,19,22). The molecule has 138 valence electrons. The monoisotopic (exact) mass is 370 g/mol. The maximum absolute atomic E-state index is 12.8. The quantitative estimate of drug-likeness (QED) is 0.773. The Labute approximate surface area is 147 Å². The summed E-state index contributed by atoms with van der Waals surface area (Å²) in [6.45, 7) is 2.01. The van der Waals surface area contributed by atoms with Gasteiger partial charge in [0.15, 0.2) is 9.84 Å². The molecule has 25 heavy (non-hydrogen) atoms. The second-order valence-electron chi connectivity index (χ2n) is 6.25. The Bertz CT molecular complexity index is 719. The summed E-state index contributed by atoms with van der Waals surface area (Å²) in [5.74, 6) is -0.661. The highest BCUT2D eigenvalue weighted by Crippen LogP contribution is 2.18. The van der Waals surface area contributed by atoms with Crippen molar-refractivity contribution in [3.8, 4) is 0 Å². The summed E-state index contributed by atoms with van der Waals surface area (Å²) in [5.41, 5.74) is 0.920. The highest BCUT2D eigenvalue weighted by molar-refractivity contribution is 7.91. The molecular weight excluding hydrogens is 347 g/mol. The van der Waals surface area contributed by atoms with Crippen LogP contribution in [0.1, 0.15) is 25.3 Å². The molecule has 1 unspecified atom stereocenters. The number of hydrogen-bond donors (Lipinski definition) is 1. The van der Waals surface area contributed by atoms with Gasteiger partial charge < -0.3 is 10.2 Å². The van der Waals surface area contributed by atoms with Crippen LogP contribution in [0.5, 0.6) is 0 Å². The fourth-order valence-electron chi connectivity index (χ4n) is 2.93. The molecule has 1 aromatic rings. The molecule has 1 atom stereocenters. The van der Waals surface area contributed by atoms with Gasteiger partial charge in [0.2, 0.25) is 11.8 Å². The maximum atomic E-state index is 12.8. The lowest BCUT2D eigenvalue weighted by atomic mass is 10.1. The van der Waals surface area contributed by atoms with Gasteiger partial charge in [-0.2, -0.15) is 0 Å². The van der Waals surface area contributed by atoms with Crippen molar-refractivity contribution in [1.82, 2.24) is 10.2 Å². The SMILES string of the molecule is CC(=O)N(CCC(=O)NCCc1ccc(F)cc1)C1CCS(=O)(=O)C1. The number of carbonyl (C=O) groups excluding carboxylic acids is 2. The van der Waals surface area contributed by atoms with Crippen molar-refractivity contribution in [2.24, 2.45) is 0 Å². The molecule has 2 amide bonds. The van der Waals surface area contributed by atoms with Gasteiger partial charge in [-0.1, -0.05) is 12.1 Å². The molecule has 0 aliphatic carbocycles. The number of hydrogen-bond acceptors (Lipinski definition) is 4. The molecule has 1 aromatic carbocycles. The first kappa shape index (κ1) is 19.4. The van der Waals surface area contributed by atoms with Crippen LogP contribution in [0.25, 0.3) is 0 Å². The number of nitrogens with one attached hydrogen (secondary N) is 1. The van der Waals surface area contributed by atoms with Crippen LogP contribution in [-0.4, -0.2) is 55.8 Å². The molecule has 1 N–H and O–H groups in total. The highest BCUT2D eigenvalue weighted by atomic mass is 32.2. The number of nitrogens with zero attached hydrogens (tertiary/aromatic N) is 1. The molecule has 1 heterocycles. The summed E-state index contributed by atoms with van der Waals surface area (Å²) in [4.78, 5) is 25.2. The summed E-state index contributed by atoms with van der Waals surface area (Å²) in [7, 11) is -3.08. The van der Waals surface area contributed by atoms with E-state index >= 15 is 0 Å². The van der Waals surface area contributed by atoms with E-state index in [-0.39, 0.29) is 48.1 Å². The Kier molecular flexibility index (Phi) is 6.52. The van der Waals surface area contributed by atoms with Gasteiger partial charge >= 0.3 is 0 Å². The largest absolute Gasteiger partial charge is 0.356 e. The van der Waals surface area contributed by atoms with Gasteiger partial charge in [0, 0.05) is 32.5 Å². The van der Waals surface area contributed by atoms with Crippen LogP contribution in [0, 0.1) is 5.82 Å². The van der Waals surface area contributed by atoms with Crippen molar-refractivity contribution in [2.75, 3.05) is 24.6 Å². The average Bonchev–Trinajstić information content (AvgIpc) is 2.89. The van der Waals surface area contributed by atoms with Crippen LogP contribution < -0.4 is 5.32 Å². The Balaban J connectivity index is 1.75. The smallest absolute Gasteiger partial charge is 0.221 e. The number of sulfone groups is 1. The van der Waals surface area contributed by atoms with E-state index in [0.717, 1.165) is 5.56 Å². The molecule has 0 aromatic heterocycles. The Hall–Kier alpha value is -1.96. The van der Waals surface area contributed by atoms with Crippen LogP contribution >= 0.6 is 0 Å². The van der Waals surface area contributed by atoms with E-state index in [4.69, 9.17) is 0 Å². The first-order valence-corrected chi connectivity index (χ1v) is 10.1. The van der Waals surface area contributed by atoms with Gasteiger partial charge in [0.05, 0.1) is 11.5 Å². The average molecular weight is 370 g/mol. The van der Waals surface area contributed by atoms with Crippen LogP contribution in [0.4, 0.5) is 4.39 Å². The van der Waals surface area contributed by atoms with Gasteiger partial charge in [-0.25, -0.2) is 12.8 Å². The van der Waals surface area contributed by atoms with Crippen molar-refractivity contribution in [1.29, 1.82) is 0 Å². The number of halogens is 1. The minimum absolute atomic E-state index is 0.0290. The van der Waals surface area contributed by atoms with Gasteiger partial charge in [-0.05, 0) is 30.5 Å². The third-order valence-electron chi connectivity index (χ3n) is 4.28.